The predicted molar refractivity (Wildman–Crippen MR) is 120 cm³/mol. The molecule has 1 heterocycles. The molecule has 31 heavy (non-hydrogen) atoms. The number of sulfonamides is 1. The summed E-state index contributed by atoms with van der Waals surface area (Å²) < 4.78 is 30.6. The number of aromatic nitrogens is 1. The maximum absolute atomic E-state index is 12.5. The molecule has 0 saturated heterocycles. The number of hydrogen-bond donors (Lipinski definition) is 1. The van der Waals surface area contributed by atoms with Gasteiger partial charge in [0.1, 0.15) is 6.61 Å². The molecule has 1 aromatic heterocycles. The third kappa shape index (κ3) is 6.03. The molecule has 2 aromatic carbocycles. The number of hydrogen-bond acceptors (Lipinski definition) is 7. The molecule has 8 nitrogen and oxygen atoms in total. The molecule has 0 spiro atoms. The van der Waals surface area contributed by atoms with Gasteiger partial charge in [-0.3, -0.25) is 14.4 Å². The van der Waals surface area contributed by atoms with Crippen molar-refractivity contribution in [2.75, 3.05) is 15.9 Å². The van der Waals surface area contributed by atoms with Gasteiger partial charge in [-0.1, -0.05) is 29.8 Å². The van der Waals surface area contributed by atoms with E-state index in [-0.39, 0.29) is 23.8 Å². The van der Waals surface area contributed by atoms with Crippen LogP contribution in [0.3, 0.4) is 0 Å². The summed E-state index contributed by atoms with van der Waals surface area (Å²) in [5.74, 6) is -0.958. The number of carbonyl (C=O) groups is 2. The van der Waals surface area contributed by atoms with Gasteiger partial charge in [0.05, 0.1) is 28.9 Å². The van der Waals surface area contributed by atoms with E-state index in [9.17, 15) is 18.0 Å². The Morgan fingerprint density at radius 3 is 2.61 bits per heavy atom. The minimum atomic E-state index is -3.56. The summed E-state index contributed by atoms with van der Waals surface area (Å²) in [5, 5.41) is 2.56. The third-order valence-electron chi connectivity index (χ3n) is 3.91. The average Bonchev–Trinajstić information content (AvgIpc) is 3.13. The number of benzene rings is 2. The Balaban J connectivity index is 1.75. The van der Waals surface area contributed by atoms with Crippen molar-refractivity contribution in [2.45, 2.75) is 13.5 Å². The van der Waals surface area contributed by atoms with Crippen LogP contribution in [0, 0.1) is 0 Å². The topological polar surface area (TPSA) is 106 Å². The predicted octanol–water partition coefficient (Wildman–Crippen LogP) is 4.21. The molecule has 0 aliphatic carbocycles. The van der Waals surface area contributed by atoms with Crippen LogP contribution in [0.15, 0.2) is 53.9 Å². The van der Waals surface area contributed by atoms with Gasteiger partial charge in [-0.25, -0.2) is 18.2 Å². The SMILES string of the molecule is CC(=O)N(c1cccc(Cl)c1)c1nc(COC(=O)c2ccccc2NS(C)(=O)=O)cs1. The Morgan fingerprint density at radius 2 is 1.94 bits per heavy atom. The van der Waals surface area contributed by atoms with E-state index in [1.807, 2.05) is 0 Å². The van der Waals surface area contributed by atoms with E-state index in [2.05, 4.69) is 9.71 Å². The highest BCUT2D eigenvalue weighted by atomic mass is 35.5. The van der Waals surface area contributed by atoms with Crippen molar-refractivity contribution in [1.82, 2.24) is 4.98 Å². The Hall–Kier alpha value is -2.95. The number of para-hydroxylation sites is 1. The van der Waals surface area contributed by atoms with E-state index in [0.717, 1.165) is 6.26 Å². The lowest BCUT2D eigenvalue weighted by molar-refractivity contribution is -0.115. The molecule has 1 amide bonds. The highest BCUT2D eigenvalue weighted by Gasteiger charge is 2.20. The number of rotatable bonds is 7. The van der Waals surface area contributed by atoms with Gasteiger partial charge in [0.15, 0.2) is 5.13 Å². The van der Waals surface area contributed by atoms with Gasteiger partial charge >= 0.3 is 5.97 Å². The Labute approximate surface area is 188 Å². The fourth-order valence-electron chi connectivity index (χ4n) is 2.67. The lowest BCUT2D eigenvalue weighted by atomic mass is 10.2. The molecule has 0 aliphatic heterocycles. The van der Waals surface area contributed by atoms with Gasteiger partial charge in [0.25, 0.3) is 0 Å². The number of ether oxygens (including phenoxy) is 1. The van der Waals surface area contributed by atoms with Crippen molar-refractivity contribution in [3.63, 3.8) is 0 Å². The molecular formula is C20H18ClN3O5S2. The van der Waals surface area contributed by atoms with Crippen LogP contribution in [0.1, 0.15) is 23.0 Å². The summed E-state index contributed by atoms with van der Waals surface area (Å²) in [7, 11) is -3.56. The average molecular weight is 480 g/mol. The first-order chi connectivity index (χ1) is 14.6. The normalized spacial score (nSPS) is 11.1. The van der Waals surface area contributed by atoms with Crippen molar-refractivity contribution < 1.29 is 22.7 Å². The van der Waals surface area contributed by atoms with Crippen LogP contribution in [-0.2, 0) is 26.2 Å². The minimum absolute atomic E-state index is 0.0765. The van der Waals surface area contributed by atoms with E-state index in [1.165, 1.54) is 35.3 Å². The maximum Gasteiger partial charge on any atom is 0.340 e. The molecule has 0 bridgehead atoms. The van der Waals surface area contributed by atoms with Gasteiger partial charge in [-0.2, -0.15) is 0 Å². The van der Waals surface area contributed by atoms with E-state index < -0.39 is 16.0 Å². The van der Waals surface area contributed by atoms with Crippen molar-refractivity contribution >= 4 is 61.3 Å². The fraction of sp³-hybridized carbons (Fsp3) is 0.150. The lowest BCUT2D eigenvalue weighted by Gasteiger charge is -2.18. The van der Waals surface area contributed by atoms with E-state index in [0.29, 0.717) is 21.5 Å². The molecule has 11 heteroatoms. The summed E-state index contributed by atoms with van der Waals surface area (Å²) in [5.41, 5.74) is 1.21. The summed E-state index contributed by atoms with van der Waals surface area (Å²) in [6.07, 6.45) is 0.993. The quantitative estimate of drug-likeness (QED) is 0.509. The molecule has 0 saturated carbocycles. The second-order valence-electron chi connectivity index (χ2n) is 6.45. The zero-order valence-corrected chi connectivity index (χ0v) is 18.9. The maximum atomic E-state index is 12.5. The van der Waals surface area contributed by atoms with Gasteiger partial charge in [0.2, 0.25) is 15.9 Å². The zero-order chi connectivity index (χ0) is 22.6. The van der Waals surface area contributed by atoms with Gasteiger partial charge in [0, 0.05) is 17.3 Å². The Morgan fingerprint density at radius 1 is 1.19 bits per heavy atom. The first kappa shape index (κ1) is 22.7. The molecule has 162 valence electrons. The summed E-state index contributed by atoms with van der Waals surface area (Å²) in [6, 6.07) is 12.9. The van der Waals surface area contributed by atoms with Crippen molar-refractivity contribution in [3.05, 3.63) is 70.2 Å². The first-order valence-electron chi connectivity index (χ1n) is 8.88. The number of nitrogens with zero attached hydrogens (tertiary/aromatic N) is 2. The fourth-order valence-corrected chi connectivity index (χ4v) is 4.31. The molecule has 3 rings (SSSR count). The number of amides is 1. The summed E-state index contributed by atoms with van der Waals surface area (Å²) in [4.78, 5) is 30.4. The number of thiazole rings is 1. The van der Waals surface area contributed by atoms with Gasteiger partial charge in [-0.05, 0) is 30.3 Å². The van der Waals surface area contributed by atoms with Crippen LogP contribution in [-0.4, -0.2) is 31.5 Å². The van der Waals surface area contributed by atoms with Crippen LogP contribution in [0.5, 0.6) is 0 Å². The smallest absolute Gasteiger partial charge is 0.340 e. The molecule has 0 fully saturated rings. The van der Waals surface area contributed by atoms with Crippen LogP contribution < -0.4 is 9.62 Å². The molecule has 1 N–H and O–H groups in total. The van der Waals surface area contributed by atoms with Gasteiger partial charge in [-0.15, -0.1) is 11.3 Å². The van der Waals surface area contributed by atoms with E-state index >= 15 is 0 Å². The number of anilines is 3. The highest BCUT2D eigenvalue weighted by molar-refractivity contribution is 7.92. The highest BCUT2D eigenvalue weighted by Crippen LogP contribution is 2.30. The molecule has 3 aromatic rings. The number of halogens is 1. The summed E-state index contributed by atoms with van der Waals surface area (Å²) in [6.45, 7) is 1.26. The van der Waals surface area contributed by atoms with E-state index in [4.69, 9.17) is 16.3 Å². The molecular weight excluding hydrogens is 462 g/mol. The van der Waals surface area contributed by atoms with Crippen molar-refractivity contribution in [3.8, 4) is 0 Å². The van der Waals surface area contributed by atoms with Crippen molar-refractivity contribution in [2.24, 2.45) is 0 Å². The zero-order valence-electron chi connectivity index (χ0n) is 16.5. The molecule has 0 atom stereocenters. The van der Waals surface area contributed by atoms with Crippen LogP contribution in [0.2, 0.25) is 5.02 Å². The second kappa shape index (κ2) is 9.46. The first-order valence-corrected chi connectivity index (χ1v) is 12.0. The number of nitrogens with one attached hydrogen (secondary N) is 1. The van der Waals surface area contributed by atoms with Crippen LogP contribution >= 0.6 is 22.9 Å². The monoisotopic (exact) mass is 479 g/mol. The Bertz CT molecular complexity index is 1230. The lowest BCUT2D eigenvalue weighted by Crippen LogP contribution is -2.22. The number of esters is 1. The largest absolute Gasteiger partial charge is 0.455 e. The second-order valence-corrected chi connectivity index (χ2v) is 9.47. The van der Waals surface area contributed by atoms with E-state index in [1.54, 1.807) is 41.8 Å². The van der Waals surface area contributed by atoms with Crippen LogP contribution in [0.4, 0.5) is 16.5 Å². The van der Waals surface area contributed by atoms with Gasteiger partial charge < -0.3 is 4.74 Å². The minimum Gasteiger partial charge on any atom is -0.455 e. The van der Waals surface area contributed by atoms with Crippen LogP contribution in [0.25, 0.3) is 0 Å². The third-order valence-corrected chi connectivity index (χ3v) is 5.61. The Kier molecular flexibility index (Phi) is 6.94. The molecule has 0 aliphatic rings. The number of carbonyl (C=O) groups excluding carboxylic acids is 2. The van der Waals surface area contributed by atoms with Crippen molar-refractivity contribution in [1.29, 1.82) is 0 Å². The molecule has 0 radical (unpaired) electrons. The molecule has 0 unspecified atom stereocenters. The summed E-state index contributed by atoms with van der Waals surface area (Å²) >= 11 is 7.24. The standard InChI is InChI=1S/C20H18ClN3O5S2/c1-13(25)24(16-7-5-6-14(21)10-16)20-22-15(12-30-20)11-29-19(26)17-8-3-4-9-18(17)23-31(2,27)28/h3-10,12,23H,11H2,1-2H3.